The molecule has 1 aromatic carbocycles. The van der Waals surface area contributed by atoms with E-state index in [4.69, 9.17) is 11.5 Å². The zero-order valence-electron chi connectivity index (χ0n) is 18.5. The second-order valence-electron chi connectivity index (χ2n) is 7.61. The maximum absolute atomic E-state index is 13.1. The summed E-state index contributed by atoms with van der Waals surface area (Å²) >= 11 is 4.11. The van der Waals surface area contributed by atoms with Crippen molar-refractivity contribution >= 4 is 79.2 Å². The van der Waals surface area contributed by atoms with Gasteiger partial charge in [0.2, 0.25) is 0 Å². The van der Waals surface area contributed by atoms with Crippen LogP contribution in [0.3, 0.4) is 0 Å². The molecule has 5 rings (SSSR count). The summed E-state index contributed by atoms with van der Waals surface area (Å²) in [6.07, 6.45) is 3.30. The molecule has 36 heavy (non-hydrogen) atoms. The van der Waals surface area contributed by atoms with Gasteiger partial charge in [0, 0.05) is 32.0 Å². The molecule has 5 N–H and O–H groups in total. The molecule has 5 aromatic rings. The predicted octanol–water partition coefficient (Wildman–Crippen LogP) is 6.27. The number of thiophene rings is 3. The summed E-state index contributed by atoms with van der Waals surface area (Å²) in [4.78, 5) is 32.4. The molecule has 176 valence electrons. The van der Waals surface area contributed by atoms with Gasteiger partial charge in [0.05, 0.1) is 5.69 Å². The number of nitriles is 1. The van der Waals surface area contributed by atoms with Crippen LogP contribution in [-0.2, 0) is 0 Å². The number of rotatable bonds is 6. The van der Waals surface area contributed by atoms with E-state index in [0.717, 1.165) is 21.1 Å². The van der Waals surface area contributed by atoms with E-state index >= 15 is 0 Å². The lowest BCUT2D eigenvalue weighted by Gasteiger charge is -2.08. The molecule has 7 nitrogen and oxygen atoms in total. The van der Waals surface area contributed by atoms with Gasteiger partial charge in [-0.05, 0) is 59.3 Å². The van der Waals surface area contributed by atoms with Crippen LogP contribution >= 0.6 is 34.0 Å². The van der Waals surface area contributed by atoms with Crippen molar-refractivity contribution in [2.45, 2.75) is 0 Å². The number of fused-ring (bicyclic) bond motifs is 1. The highest BCUT2D eigenvalue weighted by Crippen LogP contribution is 2.44. The molecule has 0 bridgehead atoms. The Morgan fingerprint density at radius 3 is 2.44 bits per heavy atom. The SMILES string of the molecule is N#Cc1c(N)nc2sc(C(=O)Nc3ccc(C(=O)/C=C/c4cccs4)cc3)c(N)c2c1-c1cccs1. The number of anilines is 3. The summed E-state index contributed by atoms with van der Waals surface area (Å²) in [5.74, 6) is -0.454. The summed E-state index contributed by atoms with van der Waals surface area (Å²) in [7, 11) is 0. The normalized spacial score (nSPS) is 11.1. The minimum absolute atomic E-state index is 0.0926. The summed E-state index contributed by atoms with van der Waals surface area (Å²) in [5.41, 5.74) is 14.6. The Hall–Kier alpha value is -4.30. The third-order valence-electron chi connectivity index (χ3n) is 5.36. The number of nitrogens with two attached hydrogens (primary N) is 2. The first kappa shape index (κ1) is 23.4. The highest BCUT2D eigenvalue weighted by Gasteiger charge is 2.24. The van der Waals surface area contributed by atoms with Crippen LogP contribution in [0.1, 0.15) is 30.5 Å². The molecular formula is C26H17N5O2S3. The Bertz CT molecular complexity index is 1660. The van der Waals surface area contributed by atoms with Gasteiger partial charge in [0.15, 0.2) is 5.78 Å². The standard InChI is InChI=1S/C26H17N5O2S3/c27-13-17-20(19-4-2-12-35-19)21-22(28)23(36-26(21)31-24(17)29)25(33)30-15-7-5-14(6-8-15)18(32)10-9-16-3-1-11-34-16/h1-12H,28H2,(H2,29,31)(H,30,33)/b10-9+. The van der Waals surface area contributed by atoms with Crippen LogP contribution < -0.4 is 16.8 Å². The Morgan fingerprint density at radius 2 is 1.78 bits per heavy atom. The van der Waals surface area contributed by atoms with Gasteiger partial charge < -0.3 is 16.8 Å². The lowest BCUT2D eigenvalue weighted by Crippen LogP contribution is -2.12. The average Bonchev–Trinajstić information content (AvgIpc) is 3.64. The zero-order valence-corrected chi connectivity index (χ0v) is 21.0. The first-order valence-electron chi connectivity index (χ1n) is 10.6. The van der Waals surface area contributed by atoms with Crippen LogP contribution in [0.5, 0.6) is 0 Å². The fourth-order valence-electron chi connectivity index (χ4n) is 3.66. The second-order valence-corrected chi connectivity index (χ2v) is 10.5. The third-order valence-corrected chi connectivity index (χ3v) is 8.18. The number of nitrogen functional groups attached to an aromatic ring is 2. The first-order valence-corrected chi connectivity index (χ1v) is 13.2. The van der Waals surface area contributed by atoms with Gasteiger partial charge in [0.1, 0.15) is 27.2 Å². The molecule has 1 amide bonds. The van der Waals surface area contributed by atoms with Gasteiger partial charge in [-0.15, -0.1) is 34.0 Å². The number of nitrogens with one attached hydrogen (secondary N) is 1. The molecule has 10 heteroatoms. The Labute approximate surface area is 218 Å². The number of carbonyl (C=O) groups excluding carboxylic acids is 2. The number of hydrogen-bond donors (Lipinski definition) is 3. The highest BCUT2D eigenvalue weighted by atomic mass is 32.1. The zero-order chi connectivity index (χ0) is 25.2. The van der Waals surface area contributed by atoms with Crippen LogP contribution in [-0.4, -0.2) is 16.7 Å². The Kier molecular flexibility index (Phi) is 6.35. The van der Waals surface area contributed by atoms with Crippen molar-refractivity contribution in [1.82, 2.24) is 4.98 Å². The lowest BCUT2D eigenvalue weighted by molar-refractivity contribution is 0.102. The Morgan fingerprint density at radius 1 is 1.03 bits per heavy atom. The van der Waals surface area contributed by atoms with Crippen molar-refractivity contribution in [2.24, 2.45) is 0 Å². The predicted molar refractivity (Wildman–Crippen MR) is 149 cm³/mol. The maximum Gasteiger partial charge on any atom is 0.267 e. The van der Waals surface area contributed by atoms with E-state index in [2.05, 4.69) is 16.4 Å². The van der Waals surface area contributed by atoms with E-state index in [9.17, 15) is 14.9 Å². The molecule has 0 atom stereocenters. The quantitative estimate of drug-likeness (QED) is 0.176. The lowest BCUT2D eigenvalue weighted by atomic mass is 10.0. The average molecular weight is 528 g/mol. The minimum Gasteiger partial charge on any atom is -0.397 e. The summed E-state index contributed by atoms with van der Waals surface area (Å²) in [5, 5.41) is 16.9. The minimum atomic E-state index is -0.415. The molecule has 0 saturated heterocycles. The number of nitrogens with zero attached hydrogens (tertiary/aromatic N) is 2. The topological polar surface area (TPSA) is 135 Å². The largest absolute Gasteiger partial charge is 0.397 e. The van der Waals surface area contributed by atoms with Gasteiger partial charge in [-0.2, -0.15) is 5.26 Å². The molecule has 0 aliphatic heterocycles. The van der Waals surface area contributed by atoms with Crippen LogP contribution in [0, 0.1) is 11.3 Å². The molecule has 0 spiro atoms. The van der Waals surface area contributed by atoms with E-state index in [1.165, 1.54) is 17.4 Å². The van der Waals surface area contributed by atoms with Gasteiger partial charge in [-0.25, -0.2) is 4.98 Å². The summed E-state index contributed by atoms with van der Waals surface area (Å²) in [6, 6.07) is 16.3. The van der Waals surface area contributed by atoms with Crippen molar-refractivity contribution in [2.75, 3.05) is 16.8 Å². The van der Waals surface area contributed by atoms with Gasteiger partial charge in [-0.1, -0.05) is 12.1 Å². The van der Waals surface area contributed by atoms with Crippen LogP contribution in [0.2, 0.25) is 0 Å². The number of aromatic nitrogens is 1. The number of hydrogen-bond acceptors (Lipinski definition) is 9. The van der Waals surface area contributed by atoms with Crippen molar-refractivity contribution in [3.8, 4) is 16.5 Å². The number of allylic oxidation sites excluding steroid dienone is 1. The maximum atomic E-state index is 13.1. The first-order chi connectivity index (χ1) is 17.5. The summed E-state index contributed by atoms with van der Waals surface area (Å²) < 4.78 is 0. The molecular weight excluding hydrogens is 511 g/mol. The second kappa shape index (κ2) is 9.75. The number of benzene rings is 1. The van der Waals surface area contributed by atoms with Crippen molar-refractivity contribution in [3.05, 3.63) is 86.2 Å². The van der Waals surface area contributed by atoms with Crippen molar-refractivity contribution < 1.29 is 9.59 Å². The molecule has 0 unspecified atom stereocenters. The smallest absolute Gasteiger partial charge is 0.267 e. The van der Waals surface area contributed by atoms with E-state index in [0.29, 0.717) is 27.0 Å². The van der Waals surface area contributed by atoms with Crippen molar-refractivity contribution in [3.63, 3.8) is 0 Å². The van der Waals surface area contributed by atoms with E-state index in [1.54, 1.807) is 41.7 Å². The molecule has 0 saturated carbocycles. The highest BCUT2D eigenvalue weighted by molar-refractivity contribution is 7.21. The number of amides is 1. The monoisotopic (exact) mass is 527 g/mol. The molecule has 4 heterocycles. The molecule has 0 fully saturated rings. The molecule has 0 radical (unpaired) electrons. The number of ketones is 1. The van der Waals surface area contributed by atoms with Gasteiger partial charge >= 0.3 is 0 Å². The fraction of sp³-hybridized carbons (Fsp3) is 0. The van der Waals surface area contributed by atoms with Crippen LogP contribution in [0.15, 0.2) is 65.4 Å². The van der Waals surface area contributed by atoms with E-state index in [1.807, 2.05) is 35.0 Å². The van der Waals surface area contributed by atoms with Gasteiger partial charge in [0.25, 0.3) is 5.91 Å². The molecule has 4 aromatic heterocycles. The number of pyridine rings is 1. The van der Waals surface area contributed by atoms with E-state index in [-0.39, 0.29) is 27.7 Å². The van der Waals surface area contributed by atoms with Crippen LogP contribution in [0.4, 0.5) is 17.2 Å². The van der Waals surface area contributed by atoms with Crippen LogP contribution in [0.25, 0.3) is 26.7 Å². The Balaban J connectivity index is 1.42. The van der Waals surface area contributed by atoms with Crippen molar-refractivity contribution in [1.29, 1.82) is 5.26 Å². The van der Waals surface area contributed by atoms with E-state index < -0.39 is 5.91 Å². The molecule has 0 aliphatic rings. The van der Waals surface area contributed by atoms with Gasteiger partial charge in [-0.3, -0.25) is 9.59 Å². The molecule has 0 aliphatic carbocycles. The number of carbonyl (C=O) groups is 2. The fourth-order valence-corrected chi connectivity index (χ4v) is 6.07. The third kappa shape index (κ3) is 4.38. The summed E-state index contributed by atoms with van der Waals surface area (Å²) in [6.45, 7) is 0.